The first-order chi connectivity index (χ1) is 9.06. The summed E-state index contributed by atoms with van der Waals surface area (Å²) in [5.74, 6) is -0.579. The van der Waals surface area contributed by atoms with Crippen molar-refractivity contribution in [2.24, 2.45) is 0 Å². The second-order valence-corrected chi connectivity index (χ2v) is 4.85. The Bertz CT molecular complexity index is 680. The Morgan fingerprint density at radius 3 is 2.58 bits per heavy atom. The standard InChI is InChI=1S/C13H6Cl3FN2/c14-9-2-1-8(10(15)11(9)16)13-12(17)7(3-5-18)4-6-19-13/h1-2,4,6H,3H2. The quantitative estimate of drug-likeness (QED) is 0.738. The van der Waals surface area contributed by atoms with Crippen LogP contribution in [0.2, 0.25) is 15.1 Å². The van der Waals surface area contributed by atoms with Gasteiger partial charge in [0.2, 0.25) is 0 Å². The lowest BCUT2D eigenvalue weighted by Crippen LogP contribution is -1.96. The highest BCUT2D eigenvalue weighted by Crippen LogP contribution is 2.38. The molecule has 0 bridgehead atoms. The SMILES string of the molecule is N#CCc1ccnc(-c2ccc(Cl)c(Cl)c2Cl)c1F. The number of halogens is 4. The van der Waals surface area contributed by atoms with E-state index in [1.165, 1.54) is 24.4 Å². The Balaban J connectivity index is 2.64. The Labute approximate surface area is 124 Å². The third kappa shape index (κ3) is 2.66. The van der Waals surface area contributed by atoms with Crippen LogP contribution >= 0.6 is 34.8 Å². The van der Waals surface area contributed by atoms with Crippen LogP contribution in [-0.2, 0) is 6.42 Å². The van der Waals surface area contributed by atoms with Crippen molar-refractivity contribution in [1.29, 1.82) is 5.26 Å². The molecule has 0 atom stereocenters. The average Bonchev–Trinajstić information content (AvgIpc) is 2.40. The van der Waals surface area contributed by atoms with Crippen LogP contribution in [0.5, 0.6) is 0 Å². The van der Waals surface area contributed by atoms with E-state index in [9.17, 15) is 4.39 Å². The maximum absolute atomic E-state index is 14.2. The second kappa shape index (κ2) is 5.75. The number of nitrogens with zero attached hydrogens (tertiary/aromatic N) is 2. The van der Waals surface area contributed by atoms with E-state index >= 15 is 0 Å². The Kier molecular flexibility index (Phi) is 4.26. The number of aromatic nitrogens is 1. The van der Waals surface area contributed by atoms with Crippen LogP contribution in [0, 0.1) is 17.1 Å². The summed E-state index contributed by atoms with van der Waals surface area (Å²) in [7, 11) is 0. The van der Waals surface area contributed by atoms with E-state index in [4.69, 9.17) is 40.1 Å². The summed E-state index contributed by atoms with van der Waals surface area (Å²) in [5, 5.41) is 9.20. The normalized spacial score (nSPS) is 10.3. The van der Waals surface area contributed by atoms with Crippen LogP contribution in [0.1, 0.15) is 5.56 Å². The van der Waals surface area contributed by atoms with Gasteiger partial charge < -0.3 is 0 Å². The fraction of sp³-hybridized carbons (Fsp3) is 0.0769. The van der Waals surface area contributed by atoms with Gasteiger partial charge in [-0.2, -0.15) is 5.26 Å². The Hall–Kier alpha value is -1.34. The summed E-state index contributed by atoms with van der Waals surface area (Å²) in [6.07, 6.45) is 1.38. The molecule has 1 aromatic heterocycles. The molecule has 2 aromatic rings. The minimum absolute atomic E-state index is 0.0414. The summed E-state index contributed by atoms with van der Waals surface area (Å²) in [6, 6.07) is 6.40. The van der Waals surface area contributed by atoms with Crippen molar-refractivity contribution in [3.63, 3.8) is 0 Å². The largest absolute Gasteiger partial charge is 0.253 e. The van der Waals surface area contributed by atoms with Crippen LogP contribution in [0.15, 0.2) is 24.4 Å². The highest BCUT2D eigenvalue weighted by molar-refractivity contribution is 6.49. The molecule has 0 saturated heterocycles. The van der Waals surface area contributed by atoms with Gasteiger partial charge in [-0.25, -0.2) is 4.39 Å². The molecule has 1 heterocycles. The minimum atomic E-state index is -0.579. The van der Waals surface area contributed by atoms with E-state index < -0.39 is 5.82 Å². The lowest BCUT2D eigenvalue weighted by molar-refractivity contribution is 0.613. The molecule has 0 fully saturated rings. The molecular weight excluding hydrogens is 310 g/mol. The molecule has 0 aliphatic heterocycles. The Morgan fingerprint density at radius 2 is 1.89 bits per heavy atom. The highest BCUT2D eigenvalue weighted by atomic mass is 35.5. The van der Waals surface area contributed by atoms with Crippen molar-refractivity contribution in [3.8, 4) is 17.3 Å². The van der Waals surface area contributed by atoms with Crippen LogP contribution in [0.25, 0.3) is 11.3 Å². The van der Waals surface area contributed by atoms with Crippen molar-refractivity contribution in [1.82, 2.24) is 4.98 Å². The van der Waals surface area contributed by atoms with Gasteiger partial charge in [0.25, 0.3) is 0 Å². The second-order valence-electron chi connectivity index (χ2n) is 3.69. The van der Waals surface area contributed by atoms with Crippen molar-refractivity contribution >= 4 is 34.8 Å². The van der Waals surface area contributed by atoms with Gasteiger partial charge in [0.1, 0.15) is 5.69 Å². The summed E-state index contributed by atoms with van der Waals surface area (Å²) >= 11 is 17.8. The Morgan fingerprint density at radius 1 is 1.16 bits per heavy atom. The van der Waals surface area contributed by atoms with Crippen LogP contribution in [0.4, 0.5) is 4.39 Å². The van der Waals surface area contributed by atoms with Crippen molar-refractivity contribution < 1.29 is 4.39 Å². The zero-order valence-corrected chi connectivity index (χ0v) is 11.7. The molecular formula is C13H6Cl3FN2. The molecule has 0 spiro atoms. The van der Waals surface area contributed by atoms with Gasteiger partial charge in [-0.15, -0.1) is 0 Å². The van der Waals surface area contributed by atoms with Crippen LogP contribution in [-0.4, -0.2) is 4.98 Å². The summed E-state index contributed by atoms with van der Waals surface area (Å²) in [6.45, 7) is 0. The molecule has 0 unspecified atom stereocenters. The zero-order valence-electron chi connectivity index (χ0n) is 9.42. The maximum atomic E-state index is 14.2. The number of nitriles is 1. The number of pyridine rings is 1. The zero-order chi connectivity index (χ0) is 14.0. The van der Waals surface area contributed by atoms with Gasteiger partial charge in [0.15, 0.2) is 5.82 Å². The van der Waals surface area contributed by atoms with E-state index in [-0.39, 0.29) is 32.7 Å². The monoisotopic (exact) mass is 314 g/mol. The first-order valence-corrected chi connectivity index (χ1v) is 6.34. The first kappa shape index (κ1) is 14.1. The number of rotatable bonds is 2. The molecule has 0 saturated carbocycles. The molecule has 2 nitrogen and oxygen atoms in total. The van der Waals surface area contributed by atoms with E-state index in [2.05, 4.69) is 4.98 Å². The number of hydrogen-bond acceptors (Lipinski definition) is 2. The van der Waals surface area contributed by atoms with E-state index in [0.29, 0.717) is 5.56 Å². The third-order valence-corrected chi connectivity index (χ3v) is 3.82. The summed E-state index contributed by atoms with van der Waals surface area (Å²) < 4.78 is 14.2. The van der Waals surface area contributed by atoms with Gasteiger partial charge >= 0.3 is 0 Å². The predicted molar refractivity (Wildman–Crippen MR) is 74.0 cm³/mol. The number of benzene rings is 1. The highest BCUT2D eigenvalue weighted by Gasteiger charge is 2.17. The topological polar surface area (TPSA) is 36.7 Å². The van der Waals surface area contributed by atoms with Gasteiger partial charge in [-0.1, -0.05) is 34.8 Å². The molecule has 0 radical (unpaired) electrons. The predicted octanol–water partition coefficient (Wildman–Crippen LogP) is 4.91. The molecule has 0 N–H and O–H groups in total. The molecule has 6 heteroatoms. The van der Waals surface area contributed by atoms with E-state index in [1.54, 1.807) is 0 Å². The molecule has 0 aliphatic carbocycles. The van der Waals surface area contributed by atoms with Crippen molar-refractivity contribution in [2.75, 3.05) is 0 Å². The lowest BCUT2D eigenvalue weighted by atomic mass is 10.1. The van der Waals surface area contributed by atoms with Crippen molar-refractivity contribution in [3.05, 3.63) is 50.8 Å². The fourth-order valence-electron chi connectivity index (χ4n) is 1.60. The average molecular weight is 316 g/mol. The summed E-state index contributed by atoms with van der Waals surface area (Å²) in [5.41, 5.74) is 0.652. The molecule has 1 aromatic carbocycles. The smallest absolute Gasteiger partial charge is 0.153 e. The minimum Gasteiger partial charge on any atom is -0.253 e. The maximum Gasteiger partial charge on any atom is 0.153 e. The molecule has 96 valence electrons. The first-order valence-electron chi connectivity index (χ1n) is 5.20. The van der Waals surface area contributed by atoms with Crippen molar-refractivity contribution in [2.45, 2.75) is 6.42 Å². The molecule has 2 rings (SSSR count). The van der Waals surface area contributed by atoms with Crippen LogP contribution in [0.3, 0.4) is 0 Å². The van der Waals surface area contributed by atoms with E-state index in [1.807, 2.05) is 6.07 Å². The molecule has 0 aliphatic rings. The van der Waals surface area contributed by atoms with Gasteiger partial charge in [0.05, 0.1) is 27.6 Å². The fourth-order valence-corrected chi connectivity index (χ4v) is 2.23. The van der Waals surface area contributed by atoms with Gasteiger partial charge in [-0.3, -0.25) is 4.98 Å². The van der Waals surface area contributed by atoms with E-state index in [0.717, 1.165) is 0 Å². The molecule has 19 heavy (non-hydrogen) atoms. The lowest BCUT2D eigenvalue weighted by Gasteiger charge is -2.09. The van der Waals surface area contributed by atoms with Gasteiger partial charge in [-0.05, 0) is 18.2 Å². The third-order valence-electron chi connectivity index (χ3n) is 2.53. The number of hydrogen-bond donors (Lipinski definition) is 0. The van der Waals surface area contributed by atoms with Gasteiger partial charge in [0, 0.05) is 17.3 Å². The molecule has 0 amide bonds. The summed E-state index contributed by atoms with van der Waals surface area (Å²) in [4.78, 5) is 3.95. The van der Waals surface area contributed by atoms with Crippen LogP contribution < -0.4 is 0 Å².